The van der Waals surface area contributed by atoms with Gasteiger partial charge in [-0.15, -0.1) is 13.2 Å². The number of rotatable bonds is 7. The van der Waals surface area contributed by atoms with Gasteiger partial charge < -0.3 is 20.7 Å². The van der Waals surface area contributed by atoms with Crippen molar-refractivity contribution in [2.45, 2.75) is 26.1 Å². The minimum Gasteiger partial charge on any atom is -0.406 e. The Morgan fingerprint density at radius 3 is 2.31 bits per heavy atom. The molecule has 0 spiro atoms. The van der Waals surface area contributed by atoms with E-state index >= 15 is 0 Å². The highest BCUT2D eigenvalue weighted by molar-refractivity contribution is 5.95. The Morgan fingerprint density at radius 2 is 1.69 bits per heavy atom. The van der Waals surface area contributed by atoms with Crippen LogP contribution in [0.15, 0.2) is 42.5 Å². The summed E-state index contributed by atoms with van der Waals surface area (Å²) in [6.45, 7) is 1.81. The van der Waals surface area contributed by atoms with Crippen molar-refractivity contribution in [3.05, 3.63) is 48.0 Å². The smallest absolute Gasteiger partial charge is 0.406 e. The maximum absolute atomic E-state index is 12.2. The number of carbonyl (C=O) groups excluding carboxylic acids is 2. The molecule has 3 rings (SSSR count). The van der Waals surface area contributed by atoms with E-state index in [9.17, 15) is 22.8 Å². The minimum absolute atomic E-state index is 0.00417. The summed E-state index contributed by atoms with van der Waals surface area (Å²) in [5.74, 6) is -0.655. The number of anilines is 3. The molecule has 0 aliphatic heterocycles. The molecule has 0 bridgehead atoms. The molecule has 1 aliphatic carbocycles. The van der Waals surface area contributed by atoms with E-state index < -0.39 is 6.36 Å². The average Bonchev–Trinajstić information content (AvgIpc) is 3.48. The minimum atomic E-state index is -4.76. The lowest BCUT2D eigenvalue weighted by molar-refractivity contribution is -0.274. The number of aryl methyl sites for hydroxylation is 1. The fraction of sp³-hybridized carbons (Fsp3) is 0.300. The van der Waals surface area contributed by atoms with Gasteiger partial charge in [0, 0.05) is 23.0 Å². The van der Waals surface area contributed by atoms with E-state index in [1.165, 1.54) is 12.1 Å². The van der Waals surface area contributed by atoms with Crippen LogP contribution in [0.5, 0.6) is 5.75 Å². The molecule has 154 valence electrons. The summed E-state index contributed by atoms with van der Waals surface area (Å²) >= 11 is 0. The maximum atomic E-state index is 12.2. The van der Waals surface area contributed by atoms with Crippen molar-refractivity contribution < 1.29 is 27.5 Å². The van der Waals surface area contributed by atoms with Crippen LogP contribution in [0.1, 0.15) is 18.4 Å². The first-order chi connectivity index (χ1) is 13.7. The molecule has 3 N–H and O–H groups in total. The van der Waals surface area contributed by atoms with Gasteiger partial charge in [-0.05, 0) is 61.7 Å². The number of halogens is 3. The summed E-state index contributed by atoms with van der Waals surface area (Å²) in [4.78, 5) is 24.0. The van der Waals surface area contributed by atoms with Crippen LogP contribution in [0.3, 0.4) is 0 Å². The second-order valence-corrected chi connectivity index (χ2v) is 6.77. The van der Waals surface area contributed by atoms with Crippen molar-refractivity contribution in [2.24, 2.45) is 5.92 Å². The van der Waals surface area contributed by atoms with Crippen molar-refractivity contribution in [1.82, 2.24) is 0 Å². The quantitative estimate of drug-likeness (QED) is 0.640. The molecular weight excluding hydrogens is 387 g/mol. The number of benzene rings is 2. The monoisotopic (exact) mass is 407 g/mol. The van der Waals surface area contributed by atoms with E-state index in [1.54, 1.807) is 12.1 Å². The first-order valence-electron chi connectivity index (χ1n) is 9.01. The third kappa shape index (κ3) is 6.41. The van der Waals surface area contributed by atoms with E-state index in [0.717, 1.165) is 30.5 Å². The van der Waals surface area contributed by atoms with Crippen molar-refractivity contribution in [3.8, 4) is 5.75 Å². The number of carbonyl (C=O) groups is 2. The molecule has 2 amide bonds. The van der Waals surface area contributed by atoms with Crippen LogP contribution in [0, 0.1) is 12.8 Å². The lowest BCUT2D eigenvalue weighted by Crippen LogP contribution is -2.22. The molecule has 0 heterocycles. The predicted octanol–water partition coefficient (Wildman–Crippen LogP) is 4.29. The van der Waals surface area contributed by atoms with Crippen LogP contribution < -0.4 is 20.7 Å². The lowest BCUT2D eigenvalue weighted by atomic mass is 10.1. The van der Waals surface area contributed by atoms with Gasteiger partial charge in [-0.3, -0.25) is 9.59 Å². The molecule has 29 heavy (non-hydrogen) atoms. The van der Waals surface area contributed by atoms with Gasteiger partial charge in [0.15, 0.2) is 0 Å². The van der Waals surface area contributed by atoms with Crippen molar-refractivity contribution in [3.63, 3.8) is 0 Å². The fourth-order valence-corrected chi connectivity index (χ4v) is 2.60. The molecule has 0 aromatic heterocycles. The van der Waals surface area contributed by atoms with Gasteiger partial charge in [0.2, 0.25) is 11.8 Å². The summed E-state index contributed by atoms with van der Waals surface area (Å²) in [5, 5.41) is 8.43. The Morgan fingerprint density at radius 1 is 1.03 bits per heavy atom. The van der Waals surface area contributed by atoms with Gasteiger partial charge in [0.05, 0.1) is 6.54 Å². The lowest BCUT2D eigenvalue weighted by Gasteiger charge is -2.13. The Kier molecular flexibility index (Phi) is 5.95. The van der Waals surface area contributed by atoms with Gasteiger partial charge in [0.25, 0.3) is 0 Å². The summed E-state index contributed by atoms with van der Waals surface area (Å²) in [6, 6.07) is 10.3. The summed E-state index contributed by atoms with van der Waals surface area (Å²) in [7, 11) is 0. The highest BCUT2D eigenvalue weighted by atomic mass is 19.4. The predicted molar refractivity (Wildman–Crippen MR) is 103 cm³/mol. The largest absolute Gasteiger partial charge is 0.573 e. The molecule has 0 unspecified atom stereocenters. The van der Waals surface area contributed by atoms with Crippen LogP contribution >= 0.6 is 0 Å². The molecule has 9 heteroatoms. The Labute approximate surface area is 165 Å². The van der Waals surface area contributed by atoms with Gasteiger partial charge in [-0.1, -0.05) is 6.07 Å². The van der Waals surface area contributed by atoms with Gasteiger partial charge in [0.1, 0.15) is 5.75 Å². The van der Waals surface area contributed by atoms with Crippen molar-refractivity contribution in [1.29, 1.82) is 0 Å². The second-order valence-electron chi connectivity index (χ2n) is 6.77. The molecule has 0 radical (unpaired) electrons. The summed E-state index contributed by atoms with van der Waals surface area (Å²) in [6.07, 6.45) is -2.95. The molecular formula is C20H20F3N3O3. The number of ether oxygens (including phenoxy) is 1. The molecule has 2 aromatic carbocycles. The SMILES string of the molecule is Cc1ccc(NC(=O)C2CC2)cc1NCC(=O)Nc1ccc(OC(F)(F)F)cc1. The van der Waals surface area contributed by atoms with Gasteiger partial charge in [-0.2, -0.15) is 0 Å². The third-order valence-electron chi connectivity index (χ3n) is 4.26. The van der Waals surface area contributed by atoms with Crippen LogP contribution in [0.2, 0.25) is 0 Å². The molecule has 0 saturated heterocycles. The molecule has 0 atom stereocenters. The Hall–Kier alpha value is -3.23. The molecule has 2 aromatic rings. The number of amides is 2. The fourth-order valence-electron chi connectivity index (χ4n) is 2.60. The molecule has 1 saturated carbocycles. The first kappa shape index (κ1) is 20.5. The third-order valence-corrected chi connectivity index (χ3v) is 4.26. The summed E-state index contributed by atoms with van der Waals surface area (Å²) < 4.78 is 40.3. The zero-order valence-corrected chi connectivity index (χ0v) is 15.6. The number of hydrogen-bond acceptors (Lipinski definition) is 4. The maximum Gasteiger partial charge on any atom is 0.573 e. The van der Waals surface area contributed by atoms with Gasteiger partial charge in [-0.25, -0.2) is 0 Å². The zero-order valence-electron chi connectivity index (χ0n) is 15.6. The van der Waals surface area contributed by atoms with Gasteiger partial charge >= 0.3 is 6.36 Å². The highest BCUT2D eigenvalue weighted by Crippen LogP contribution is 2.31. The average molecular weight is 407 g/mol. The van der Waals surface area contributed by atoms with E-state index in [2.05, 4.69) is 20.7 Å². The number of nitrogens with one attached hydrogen (secondary N) is 3. The summed E-state index contributed by atoms with van der Waals surface area (Å²) in [5.41, 5.74) is 2.59. The van der Waals surface area contributed by atoms with Crippen LogP contribution in [0.25, 0.3) is 0 Å². The van der Waals surface area contributed by atoms with Crippen LogP contribution in [-0.4, -0.2) is 24.7 Å². The van der Waals surface area contributed by atoms with Crippen molar-refractivity contribution >= 4 is 28.9 Å². The zero-order chi connectivity index (χ0) is 21.0. The number of hydrogen-bond donors (Lipinski definition) is 3. The Balaban J connectivity index is 1.52. The standard InChI is InChI=1S/C20H20F3N3O3/c1-12-2-5-15(26-19(28)13-3-4-13)10-17(12)24-11-18(27)25-14-6-8-16(9-7-14)29-20(21,22)23/h2,5-10,13,24H,3-4,11H2,1H3,(H,25,27)(H,26,28). The normalized spacial score (nSPS) is 13.5. The van der Waals surface area contributed by atoms with E-state index in [1.807, 2.05) is 13.0 Å². The Bertz CT molecular complexity index is 894. The second kappa shape index (κ2) is 8.42. The van der Waals surface area contributed by atoms with E-state index in [4.69, 9.17) is 0 Å². The highest BCUT2D eigenvalue weighted by Gasteiger charge is 2.31. The van der Waals surface area contributed by atoms with Crippen molar-refractivity contribution in [2.75, 3.05) is 22.5 Å². The topological polar surface area (TPSA) is 79.5 Å². The van der Waals surface area contributed by atoms with E-state index in [-0.39, 0.29) is 30.0 Å². The van der Waals surface area contributed by atoms with Crippen LogP contribution in [-0.2, 0) is 9.59 Å². The molecule has 1 fully saturated rings. The molecule has 1 aliphatic rings. The van der Waals surface area contributed by atoms with E-state index in [0.29, 0.717) is 17.1 Å². The van der Waals surface area contributed by atoms with Crippen LogP contribution in [0.4, 0.5) is 30.2 Å². The number of alkyl halides is 3. The molecule has 6 nitrogen and oxygen atoms in total. The first-order valence-corrected chi connectivity index (χ1v) is 9.01.